The van der Waals surface area contributed by atoms with Crippen molar-refractivity contribution >= 4 is 0 Å². The summed E-state index contributed by atoms with van der Waals surface area (Å²) in [5.74, 6) is 4.83. The molecule has 2 aliphatic carbocycles. The van der Waals surface area contributed by atoms with Crippen LogP contribution in [0.15, 0.2) is 0 Å². The zero-order valence-electron chi connectivity index (χ0n) is 11.1. The lowest BCUT2D eigenvalue weighted by atomic mass is 9.95. The highest BCUT2D eigenvalue weighted by Gasteiger charge is 2.56. The predicted octanol–water partition coefficient (Wildman–Crippen LogP) is 2.02. The Balaban J connectivity index is 1.63. The van der Waals surface area contributed by atoms with Crippen LogP contribution in [0, 0.1) is 18.8 Å². The minimum atomic E-state index is 0.679. The summed E-state index contributed by atoms with van der Waals surface area (Å²) < 4.78 is 2.49. The highest BCUT2D eigenvalue weighted by molar-refractivity contribution is 5.21. The molecule has 0 radical (unpaired) electrons. The van der Waals surface area contributed by atoms with E-state index in [1.54, 1.807) is 0 Å². The average Bonchev–Trinajstić information content (AvgIpc) is 2.79. The molecule has 2 saturated carbocycles. The average molecular weight is 246 g/mol. The molecule has 0 bridgehead atoms. The Kier molecular flexibility index (Phi) is 2.47. The molecule has 2 unspecified atom stereocenters. The first-order chi connectivity index (χ1) is 8.86. The quantitative estimate of drug-likeness (QED) is 0.868. The van der Waals surface area contributed by atoms with Crippen LogP contribution in [0.2, 0.25) is 0 Å². The van der Waals surface area contributed by atoms with Crippen LogP contribution in [0.5, 0.6) is 0 Å². The van der Waals surface area contributed by atoms with Gasteiger partial charge >= 0.3 is 0 Å². The fourth-order valence-electron chi connectivity index (χ4n) is 4.20. The van der Waals surface area contributed by atoms with Crippen LogP contribution < -0.4 is 5.32 Å². The number of hydrogen-bond donors (Lipinski definition) is 1. The van der Waals surface area contributed by atoms with E-state index >= 15 is 0 Å². The first-order valence-electron chi connectivity index (χ1n) is 7.48. The van der Waals surface area contributed by atoms with Crippen molar-refractivity contribution in [3.8, 4) is 0 Å². The third-order valence-corrected chi connectivity index (χ3v) is 5.22. The van der Waals surface area contributed by atoms with Crippen molar-refractivity contribution < 1.29 is 0 Å². The number of nitrogens with one attached hydrogen (secondary N) is 1. The van der Waals surface area contributed by atoms with Crippen molar-refractivity contribution in [3.63, 3.8) is 0 Å². The van der Waals surface area contributed by atoms with Gasteiger partial charge in [-0.3, -0.25) is 0 Å². The third kappa shape index (κ3) is 1.54. The van der Waals surface area contributed by atoms with Gasteiger partial charge in [0.2, 0.25) is 0 Å². The summed E-state index contributed by atoms with van der Waals surface area (Å²) in [5.41, 5.74) is 0. The van der Waals surface area contributed by atoms with Gasteiger partial charge in [0.25, 0.3) is 0 Å². The first-order valence-corrected chi connectivity index (χ1v) is 7.48. The molecule has 98 valence electrons. The van der Waals surface area contributed by atoms with Gasteiger partial charge in [-0.1, -0.05) is 19.3 Å². The normalized spacial score (nSPS) is 35.7. The summed E-state index contributed by atoms with van der Waals surface area (Å²) >= 11 is 0. The SMILES string of the molecule is Cc1nnc(C2C3CNCC32)n1C1CCCCC1. The maximum Gasteiger partial charge on any atom is 0.137 e. The van der Waals surface area contributed by atoms with Crippen molar-refractivity contribution in [2.75, 3.05) is 13.1 Å². The van der Waals surface area contributed by atoms with E-state index in [4.69, 9.17) is 0 Å². The summed E-state index contributed by atoms with van der Waals surface area (Å²) in [6, 6.07) is 0.679. The standard InChI is InChI=1S/C14H22N4/c1-9-16-17-14(13-11-7-15-8-12(11)13)18(9)10-5-3-2-4-6-10/h10-13,15H,2-8H2,1H3. The maximum atomic E-state index is 4.52. The Labute approximate surface area is 108 Å². The summed E-state index contributed by atoms with van der Waals surface area (Å²) in [7, 11) is 0. The Morgan fingerprint density at radius 2 is 1.78 bits per heavy atom. The lowest BCUT2D eigenvalue weighted by molar-refractivity contribution is 0.338. The van der Waals surface area contributed by atoms with E-state index in [0.717, 1.165) is 17.7 Å². The van der Waals surface area contributed by atoms with Crippen LogP contribution in [0.25, 0.3) is 0 Å². The Bertz CT molecular complexity index is 437. The summed E-state index contributed by atoms with van der Waals surface area (Å²) in [6.45, 7) is 4.50. The molecular formula is C14H22N4. The summed E-state index contributed by atoms with van der Waals surface area (Å²) in [4.78, 5) is 0. The van der Waals surface area contributed by atoms with Crippen LogP contribution in [0.1, 0.15) is 55.7 Å². The molecule has 0 aromatic carbocycles. The fourth-order valence-corrected chi connectivity index (χ4v) is 4.20. The minimum Gasteiger partial charge on any atom is -0.316 e. The largest absolute Gasteiger partial charge is 0.316 e. The molecule has 1 aromatic rings. The van der Waals surface area contributed by atoms with Crippen LogP contribution in [-0.4, -0.2) is 27.9 Å². The second kappa shape index (κ2) is 4.05. The number of nitrogens with zero attached hydrogens (tertiary/aromatic N) is 3. The Morgan fingerprint density at radius 3 is 2.50 bits per heavy atom. The van der Waals surface area contributed by atoms with E-state index in [1.165, 1.54) is 51.0 Å². The maximum absolute atomic E-state index is 4.52. The van der Waals surface area contributed by atoms with Gasteiger partial charge in [0.1, 0.15) is 11.6 Å². The van der Waals surface area contributed by atoms with E-state index in [9.17, 15) is 0 Å². The summed E-state index contributed by atoms with van der Waals surface area (Å²) in [6.07, 6.45) is 6.81. The molecule has 3 aliphatic rings. The zero-order chi connectivity index (χ0) is 12.1. The molecule has 0 amide bonds. The predicted molar refractivity (Wildman–Crippen MR) is 69.5 cm³/mol. The van der Waals surface area contributed by atoms with Crippen molar-refractivity contribution in [1.29, 1.82) is 0 Å². The van der Waals surface area contributed by atoms with Crippen LogP contribution in [0.3, 0.4) is 0 Å². The molecule has 4 heteroatoms. The number of rotatable bonds is 2. The second-order valence-corrected chi connectivity index (χ2v) is 6.28. The fraction of sp³-hybridized carbons (Fsp3) is 0.857. The number of fused-ring (bicyclic) bond motifs is 1. The molecule has 3 fully saturated rings. The van der Waals surface area contributed by atoms with E-state index in [-0.39, 0.29) is 0 Å². The molecule has 1 aromatic heterocycles. The smallest absolute Gasteiger partial charge is 0.137 e. The number of aryl methyl sites for hydroxylation is 1. The molecule has 1 saturated heterocycles. The molecule has 18 heavy (non-hydrogen) atoms. The number of aromatic nitrogens is 3. The molecule has 2 heterocycles. The second-order valence-electron chi connectivity index (χ2n) is 6.28. The van der Waals surface area contributed by atoms with Gasteiger partial charge in [0.15, 0.2) is 0 Å². The zero-order valence-corrected chi connectivity index (χ0v) is 11.1. The van der Waals surface area contributed by atoms with Gasteiger partial charge in [-0.2, -0.15) is 0 Å². The van der Waals surface area contributed by atoms with Crippen molar-refractivity contribution in [1.82, 2.24) is 20.1 Å². The van der Waals surface area contributed by atoms with Crippen LogP contribution in [0.4, 0.5) is 0 Å². The van der Waals surface area contributed by atoms with Gasteiger partial charge < -0.3 is 9.88 Å². The molecule has 4 rings (SSSR count). The first kappa shape index (κ1) is 11.0. The number of hydrogen-bond acceptors (Lipinski definition) is 3. The lowest BCUT2D eigenvalue weighted by Crippen LogP contribution is -2.20. The monoisotopic (exact) mass is 246 g/mol. The summed E-state index contributed by atoms with van der Waals surface area (Å²) in [5, 5.41) is 12.4. The molecule has 2 atom stereocenters. The van der Waals surface area contributed by atoms with Gasteiger partial charge in [-0.05, 0) is 44.7 Å². The van der Waals surface area contributed by atoms with Crippen molar-refractivity contribution in [2.24, 2.45) is 11.8 Å². The van der Waals surface area contributed by atoms with Crippen LogP contribution >= 0.6 is 0 Å². The highest BCUT2D eigenvalue weighted by Crippen LogP contribution is 2.55. The van der Waals surface area contributed by atoms with E-state index in [1.807, 2.05) is 0 Å². The van der Waals surface area contributed by atoms with E-state index in [0.29, 0.717) is 12.0 Å². The molecule has 1 N–H and O–H groups in total. The lowest BCUT2D eigenvalue weighted by Gasteiger charge is -2.25. The van der Waals surface area contributed by atoms with Gasteiger partial charge in [-0.15, -0.1) is 10.2 Å². The molecule has 0 spiro atoms. The highest BCUT2D eigenvalue weighted by atomic mass is 15.3. The molecular weight excluding hydrogens is 224 g/mol. The van der Waals surface area contributed by atoms with Gasteiger partial charge in [0, 0.05) is 12.0 Å². The molecule has 4 nitrogen and oxygen atoms in total. The van der Waals surface area contributed by atoms with Crippen molar-refractivity contribution in [2.45, 2.75) is 51.0 Å². The minimum absolute atomic E-state index is 0.679. The number of piperidine rings is 1. The van der Waals surface area contributed by atoms with E-state index in [2.05, 4.69) is 27.0 Å². The van der Waals surface area contributed by atoms with Gasteiger partial charge in [0.05, 0.1) is 0 Å². The van der Waals surface area contributed by atoms with Crippen LogP contribution in [-0.2, 0) is 0 Å². The van der Waals surface area contributed by atoms with Gasteiger partial charge in [-0.25, -0.2) is 0 Å². The van der Waals surface area contributed by atoms with E-state index < -0.39 is 0 Å². The Hall–Kier alpha value is -0.900. The van der Waals surface area contributed by atoms with Crippen molar-refractivity contribution in [3.05, 3.63) is 11.6 Å². The molecule has 1 aliphatic heterocycles. The third-order valence-electron chi connectivity index (χ3n) is 5.22. The Morgan fingerprint density at radius 1 is 1.06 bits per heavy atom. The topological polar surface area (TPSA) is 42.7 Å².